The Bertz CT molecular complexity index is 231. The zero-order chi connectivity index (χ0) is 11.1. The fourth-order valence-corrected chi connectivity index (χ4v) is 1.92. The van der Waals surface area contributed by atoms with E-state index in [-0.39, 0.29) is 11.9 Å². The molecule has 1 heterocycles. The Kier molecular flexibility index (Phi) is 5.44. The Morgan fingerprint density at radius 1 is 1.20 bits per heavy atom. The lowest BCUT2D eigenvalue weighted by molar-refractivity contribution is -0.120. The molecule has 1 rings (SSSR count). The molecule has 0 saturated carbocycles. The van der Waals surface area contributed by atoms with E-state index in [9.17, 15) is 4.79 Å². The first-order valence-corrected chi connectivity index (χ1v) is 6.13. The molecule has 1 atom stereocenters. The van der Waals surface area contributed by atoms with Crippen LogP contribution in [-0.4, -0.2) is 11.9 Å². The molecule has 2 heteroatoms. The number of carbonyl (C=O) groups is 1. The van der Waals surface area contributed by atoms with Crippen molar-refractivity contribution in [3.63, 3.8) is 0 Å². The predicted molar refractivity (Wildman–Crippen MR) is 61.6 cm³/mol. The Morgan fingerprint density at radius 3 is 2.47 bits per heavy atom. The van der Waals surface area contributed by atoms with Gasteiger partial charge in [0.05, 0.1) is 5.76 Å². The van der Waals surface area contributed by atoms with E-state index in [4.69, 9.17) is 4.74 Å². The van der Waals surface area contributed by atoms with Crippen molar-refractivity contribution in [1.82, 2.24) is 0 Å². The van der Waals surface area contributed by atoms with Crippen LogP contribution >= 0.6 is 0 Å². The number of allylic oxidation sites excluding steroid dienone is 1. The van der Waals surface area contributed by atoms with Crippen LogP contribution in [0, 0.1) is 0 Å². The van der Waals surface area contributed by atoms with Gasteiger partial charge in [-0.15, -0.1) is 0 Å². The minimum absolute atomic E-state index is 0.154. The fraction of sp³-hybridized carbons (Fsp3) is 0.769. The molecule has 0 radical (unpaired) electrons. The molecule has 0 bridgehead atoms. The van der Waals surface area contributed by atoms with Crippen LogP contribution in [0.25, 0.3) is 0 Å². The van der Waals surface area contributed by atoms with E-state index in [1.807, 2.05) is 6.92 Å². The maximum Gasteiger partial charge on any atom is 0.199 e. The minimum atomic E-state index is -0.170. The van der Waals surface area contributed by atoms with Crippen molar-refractivity contribution in [1.29, 1.82) is 0 Å². The van der Waals surface area contributed by atoms with E-state index >= 15 is 0 Å². The number of hydrogen-bond donors (Lipinski definition) is 0. The second-order valence-corrected chi connectivity index (χ2v) is 4.32. The van der Waals surface area contributed by atoms with E-state index in [0.717, 1.165) is 18.6 Å². The summed E-state index contributed by atoms with van der Waals surface area (Å²) in [5, 5.41) is 0. The van der Waals surface area contributed by atoms with Crippen LogP contribution in [0.15, 0.2) is 11.8 Å². The van der Waals surface area contributed by atoms with E-state index < -0.39 is 0 Å². The van der Waals surface area contributed by atoms with Gasteiger partial charge in [-0.3, -0.25) is 4.79 Å². The molecule has 0 aromatic carbocycles. The van der Waals surface area contributed by atoms with E-state index in [1.165, 1.54) is 32.1 Å². The van der Waals surface area contributed by atoms with Gasteiger partial charge in [0.15, 0.2) is 11.9 Å². The first-order chi connectivity index (χ1) is 7.24. The summed E-state index contributed by atoms with van der Waals surface area (Å²) in [5.41, 5.74) is 0. The van der Waals surface area contributed by atoms with Crippen LogP contribution < -0.4 is 0 Å². The van der Waals surface area contributed by atoms with E-state index in [2.05, 4.69) is 6.92 Å². The summed E-state index contributed by atoms with van der Waals surface area (Å²) in [6.07, 6.45) is 9.91. The molecular formula is C13H22O2. The molecule has 0 aromatic rings. The van der Waals surface area contributed by atoms with Gasteiger partial charge in [0.1, 0.15) is 0 Å². The van der Waals surface area contributed by atoms with Crippen molar-refractivity contribution in [3.05, 3.63) is 11.8 Å². The molecule has 2 nitrogen and oxygen atoms in total. The number of hydrogen-bond acceptors (Lipinski definition) is 2. The lowest BCUT2D eigenvalue weighted by Crippen LogP contribution is -2.15. The molecule has 1 aliphatic rings. The topological polar surface area (TPSA) is 26.3 Å². The SMILES string of the molecule is CCCCCCCCC1OC(C)=CC1=O. The molecule has 1 unspecified atom stereocenters. The van der Waals surface area contributed by atoms with Gasteiger partial charge in [-0.05, 0) is 19.8 Å². The highest BCUT2D eigenvalue weighted by molar-refractivity contribution is 5.95. The molecule has 0 N–H and O–H groups in total. The maximum atomic E-state index is 11.3. The molecule has 0 spiro atoms. The molecule has 0 fully saturated rings. The number of unbranched alkanes of at least 4 members (excludes halogenated alkanes) is 5. The highest BCUT2D eigenvalue weighted by Gasteiger charge is 2.23. The maximum absolute atomic E-state index is 11.3. The lowest BCUT2D eigenvalue weighted by Gasteiger charge is -2.09. The number of carbonyl (C=O) groups excluding carboxylic acids is 1. The van der Waals surface area contributed by atoms with Gasteiger partial charge in [0, 0.05) is 6.08 Å². The second-order valence-electron chi connectivity index (χ2n) is 4.32. The molecular weight excluding hydrogens is 188 g/mol. The average Bonchev–Trinajstić information content (AvgIpc) is 2.51. The van der Waals surface area contributed by atoms with Crippen LogP contribution in [0.4, 0.5) is 0 Å². The van der Waals surface area contributed by atoms with E-state index in [0.29, 0.717) is 0 Å². The van der Waals surface area contributed by atoms with Crippen molar-refractivity contribution >= 4 is 5.78 Å². The van der Waals surface area contributed by atoms with Gasteiger partial charge in [0.25, 0.3) is 0 Å². The molecule has 0 saturated heterocycles. The molecule has 0 aromatic heterocycles. The third-order valence-corrected chi connectivity index (χ3v) is 2.81. The van der Waals surface area contributed by atoms with Crippen molar-refractivity contribution in [2.45, 2.75) is 64.9 Å². The van der Waals surface area contributed by atoms with Crippen molar-refractivity contribution in [2.24, 2.45) is 0 Å². The molecule has 0 aliphatic carbocycles. The Balaban J connectivity index is 1.99. The smallest absolute Gasteiger partial charge is 0.199 e. The van der Waals surface area contributed by atoms with E-state index in [1.54, 1.807) is 6.08 Å². The van der Waals surface area contributed by atoms with Crippen molar-refractivity contribution < 1.29 is 9.53 Å². The molecule has 15 heavy (non-hydrogen) atoms. The summed E-state index contributed by atoms with van der Waals surface area (Å²) in [4.78, 5) is 11.3. The monoisotopic (exact) mass is 210 g/mol. The zero-order valence-electron chi connectivity index (χ0n) is 9.92. The van der Waals surface area contributed by atoms with Crippen molar-refractivity contribution in [2.75, 3.05) is 0 Å². The highest BCUT2D eigenvalue weighted by atomic mass is 16.5. The van der Waals surface area contributed by atoms with Gasteiger partial charge in [-0.1, -0.05) is 39.0 Å². The lowest BCUT2D eigenvalue weighted by atomic mass is 10.1. The fourth-order valence-electron chi connectivity index (χ4n) is 1.92. The summed E-state index contributed by atoms with van der Waals surface area (Å²) in [7, 11) is 0. The third-order valence-electron chi connectivity index (χ3n) is 2.81. The van der Waals surface area contributed by atoms with Crippen molar-refractivity contribution in [3.8, 4) is 0 Å². The zero-order valence-corrected chi connectivity index (χ0v) is 9.92. The standard InChI is InChI=1S/C13H22O2/c1-3-4-5-6-7-8-9-13-12(14)10-11(2)15-13/h10,13H,3-9H2,1-2H3. The molecule has 86 valence electrons. The van der Waals surface area contributed by atoms with Crippen LogP contribution in [-0.2, 0) is 9.53 Å². The predicted octanol–water partition coefficient (Wildman–Crippen LogP) is 3.61. The molecule has 0 amide bonds. The highest BCUT2D eigenvalue weighted by Crippen LogP contribution is 2.19. The first-order valence-electron chi connectivity index (χ1n) is 6.13. The second kappa shape index (κ2) is 6.65. The summed E-state index contributed by atoms with van der Waals surface area (Å²) in [6, 6.07) is 0. The summed E-state index contributed by atoms with van der Waals surface area (Å²) < 4.78 is 5.41. The Morgan fingerprint density at radius 2 is 1.87 bits per heavy atom. The molecule has 1 aliphatic heterocycles. The third kappa shape index (κ3) is 4.50. The normalized spacial score (nSPS) is 20.3. The minimum Gasteiger partial charge on any atom is -0.487 e. The number of ketones is 1. The summed E-state index contributed by atoms with van der Waals surface area (Å²) in [5.74, 6) is 0.928. The van der Waals surface area contributed by atoms with Gasteiger partial charge in [-0.2, -0.15) is 0 Å². The summed E-state index contributed by atoms with van der Waals surface area (Å²) >= 11 is 0. The van der Waals surface area contributed by atoms with Gasteiger partial charge < -0.3 is 4.74 Å². The Hall–Kier alpha value is -0.790. The summed E-state index contributed by atoms with van der Waals surface area (Å²) in [6.45, 7) is 4.07. The average molecular weight is 210 g/mol. The van der Waals surface area contributed by atoms with Gasteiger partial charge >= 0.3 is 0 Å². The first kappa shape index (κ1) is 12.3. The number of ether oxygens (including phenoxy) is 1. The van der Waals surface area contributed by atoms with Crippen LogP contribution in [0.2, 0.25) is 0 Å². The van der Waals surface area contributed by atoms with Crippen LogP contribution in [0.3, 0.4) is 0 Å². The largest absolute Gasteiger partial charge is 0.487 e. The number of rotatable bonds is 7. The van der Waals surface area contributed by atoms with Gasteiger partial charge in [-0.25, -0.2) is 0 Å². The van der Waals surface area contributed by atoms with Gasteiger partial charge in [0.2, 0.25) is 0 Å². The Labute approximate surface area is 92.7 Å². The van der Waals surface area contributed by atoms with Crippen LogP contribution in [0.5, 0.6) is 0 Å². The van der Waals surface area contributed by atoms with Crippen LogP contribution in [0.1, 0.15) is 58.8 Å². The quantitative estimate of drug-likeness (QED) is 0.600.